The van der Waals surface area contributed by atoms with Gasteiger partial charge in [0.2, 0.25) is 0 Å². The van der Waals surface area contributed by atoms with E-state index in [0.717, 1.165) is 11.1 Å². The Bertz CT molecular complexity index is 855. The van der Waals surface area contributed by atoms with Crippen LogP contribution >= 0.6 is 11.6 Å². The summed E-state index contributed by atoms with van der Waals surface area (Å²) in [6.07, 6.45) is 1.70. The fourth-order valence-electron chi connectivity index (χ4n) is 2.20. The molecule has 6 heteroatoms. The number of aryl methyl sites for hydroxylation is 2. The molecule has 0 radical (unpaired) electrons. The lowest BCUT2D eigenvalue weighted by atomic mass is 10.1. The molecule has 0 bridgehead atoms. The highest BCUT2D eigenvalue weighted by Crippen LogP contribution is 2.27. The topological polar surface area (TPSA) is 59.8 Å². The van der Waals surface area contributed by atoms with Gasteiger partial charge in [-0.05, 0) is 30.7 Å². The van der Waals surface area contributed by atoms with Gasteiger partial charge in [-0.15, -0.1) is 0 Å². The van der Waals surface area contributed by atoms with E-state index in [4.69, 9.17) is 11.6 Å². The molecule has 2 aromatic heterocycles. The molecule has 0 fully saturated rings. The number of nitrogens with zero attached hydrogens (tertiary/aromatic N) is 3. The van der Waals surface area contributed by atoms with Crippen molar-refractivity contribution in [1.82, 2.24) is 14.8 Å². The van der Waals surface area contributed by atoms with Gasteiger partial charge in [0.05, 0.1) is 10.7 Å². The number of carbonyl (C=O) groups excluding carboxylic acids is 1. The number of hydrogen-bond acceptors (Lipinski definition) is 3. The van der Waals surface area contributed by atoms with Crippen molar-refractivity contribution in [3.8, 4) is 11.3 Å². The lowest BCUT2D eigenvalue weighted by Crippen LogP contribution is -2.16. The molecule has 0 atom stereocenters. The summed E-state index contributed by atoms with van der Waals surface area (Å²) in [6, 6.07) is 12.8. The number of hydrogen-bond donors (Lipinski definition) is 1. The van der Waals surface area contributed by atoms with Crippen LogP contribution in [0.2, 0.25) is 5.02 Å². The third-order valence-electron chi connectivity index (χ3n) is 3.42. The highest BCUT2D eigenvalue weighted by atomic mass is 35.5. The minimum Gasteiger partial charge on any atom is -0.305 e. The Morgan fingerprint density at radius 3 is 2.70 bits per heavy atom. The van der Waals surface area contributed by atoms with Gasteiger partial charge >= 0.3 is 0 Å². The van der Waals surface area contributed by atoms with Crippen molar-refractivity contribution in [3.05, 3.63) is 64.9 Å². The molecule has 2 heterocycles. The molecule has 3 aromatic rings. The number of benzene rings is 1. The number of pyridine rings is 1. The number of nitrogens with one attached hydrogen (secondary N) is 1. The molecule has 1 N–H and O–H groups in total. The van der Waals surface area contributed by atoms with Crippen molar-refractivity contribution in [2.24, 2.45) is 7.05 Å². The molecule has 1 amide bonds. The average Bonchev–Trinajstić information content (AvgIpc) is 2.92. The quantitative estimate of drug-likeness (QED) is 0.798. The van der Waals surface area contributed by atoms with Crippen LogP contribution in [0.3, 0.4) is 0 Å². The van der Waals surface area contributed by atoms with Gasteiger partial charge in [-0.3, -0.25) is 9.48 Å². The maximum atomic E-state index is 12.4. The van der Waals surface area contributed by atoms with Gasteiger partial charge < -0.3 is 5.32 Å². The predicted molar refractivity (Wildman–Crippen MR) is 90.6 cm³/mol. The van der Waals surface area contributed by atoms with Crippen molar-refractivity contribution in [2.75, 3.05) is 5.32 Å². The summed E-state index contributed by atoms with van der Waals surface area (Å²) in [5.41, 5.74) is 2.91. The van der Waals surface area contributed by atoms with E-state index in [-0.39, 0.29) is 5.91 Å². The highest BCUT2D eigenvalue weighted by molar-refractivity contribution is 6.33. The second kappa shape index (κ2) is 6.22. The van der Waals surface area contributed by atoms with Crippen molar-refractivity contribution in [1.29, 1.82) is 0 Å². The summed E-state index contributed by atoms with van der Waals surface area (Å²) in [6.45, 7) is 1.94. The second-order valence-corrected chi connectivity index (χ2v) is 5.60. The van der Waals surface area contributed by atoms with Crippen LogP contribution in [0.4, 0.5) is 5.82 Å². The fourth-order valence-corrected chi connectivity index (χ4v) is 2.43. The minimum atomic E-state index is -0.269. The lowest BCUT2D eigenvalue weighted by Gasteiger charge is -2.04. The van der Waals surface area contributed by atoms with Crippen LogP contribution in [0.1, 0.15) is 16.1 Å². The molecular weight excluding hydrogens is 312 g/mol. The van der Waals surface area contributed by atoms with Crippen molar-refractivity contribution in [3.63, 3.8) is 0 Å². The van der Waals surface area contributed by atoms with Crippen LogP contribution in [-0.2, 0) is 7.05 Å². The molecule has 1 aromatic carbocycles. The molecule has 116 valence electrons. The first-order valence-corrected chi connectivity index (χ1v) is 7.45. The number of carbonyl (C=O) groups is 1. The molecule has 0 aliphatic rings. The van der Waals surface area contributed by atoms with E-state index in [0.29, 0.717) is 22.2 Å². The Balaban J connectivity index is 1.87. The van der Waals surface area contributed by atoms with Gasteiger partial charge in [0, 0.05) is 18.8 Å². The van der Waals surface area contributed by atoms with Gasteiger partial charge in [-0.1, -0.05) is 35.9 Å². The average molecular weight is 327 g/mol. The molecule has 3 rings (SSSR count). The van der Waals surface area contributed by atoms with Crippen molar-refractivity contribution < 1.29 is 4.79 Å². The minimum absolute atomic E-state index is 0.269. The second-order valence-electron chi connectivity index (χ2n) is 5.19. The van der Waals surface area contributed by atoms with Crippen LogP contribution in [0.15, 0.2) is 48.7 Å². The van der Waals surface area contributed by atoms with Gasteiger partial charge in [-0.25, -0.2) is 4.98 Å². The normalized spacial score (nSPS) is 10.6. The zero-order valence-corrected chi connectivity index (χ0v) is 13.5. The monoisotopic (exact) mass is 326 g/mol. The van der Waals surface area contributed by atoms with E-state index >= 15 is 0 Å². The fraction of sp³-hybridized carbons (Fsp3) is 0.118. The van der Waals surface area contributed by atoms with Gasteiger partial charge in [-0.2, -0.15) is 5.10 Å². The zero-order chi connectivity index (χ0) is 16.4. The number of halogens is 1. The number of aromatic nitrogens is 3. The molecular formula is C17H15ClN4O. The Labute approximate surface area is 138 Å². The van der Waals surface area contributed by atoms with Gasteiger partial charge in [0.25, 0.3) is 5.91 Å². The highest BCUT2D eigenvalue weighted by Gasteiger charge is 2.16. The Morgan fingerprint density at radius 1 is 1.22 bits per heavy atom. The van der Waals surface area contributed by atoms with Crippen LogP contribution < -0.4 is 5.32 Å². The summed E-state index contributed by atoms with van der Waals surface area (Å²) in [5.74, 6) is 0.232. The SMILES string of the molecule is Cc1ccc(NC(=O)c2cc(-c3ccccc3Cl)nn2C)nc1. The first-order valence-electron chi connectivity index (χ1n) is 7.07. The number of rotatable bonds is 3. The van der Waals surface area contributed by atoms with Crippen molar-refractivity contribution in [2.45, 2.75) is 6.92 Å². The molecule has 0 aliphatic carbocycles. The van der Waals surface area contributed by atoms with E-state index in [1.807, 2.05) is 31.2 Å². The molecule has 0 unspecified atom stereocenters. The molecule has 0 saturated carbocycles. The van der Waals surface area contributed by atoms with Crippen LogP contribution in [0, 0.1) is 6.92 Å². The number of anilines is 1. The smallest absolute Gasteiger partial charge is 0.275 e. The molecule has 23 heavy (non-hydrogen) atoms. The standard InChI is InChI=1S/C17H15ClN4O/c1-11-7-8-16(19-10-11)20-17(23)15-9-14(21-22(15)2)12-5-3-4-6-13(12)18/h3-10H,1-2H3,(H,19,20,23). The van der Waals surface area contributed by atoms with Crippen LogP contribution in [0.5, 0.6) is 0 Å². The summed E-state index contributed by atoms with van der Waals surface area (Å²) in [5, 5.41) is 7.73. The summed E-state index contributed by atoms with van der Waals surface area (Å²) >= 11 is 6.18. The Morgan fingerprint density at radius 2 is 2.00 bits per heavy atom. The first-order chi connectivity index (χ1) is 11.0. The maximum absolute atomic E-state index is 12.4. The third kappa shape index (κ3) is 3.24. The zero-order valence-electron chi connectivity index (χ0n) is 12.7. The third-order valence-corrected chi connectivity index (χ3v) is 3.74. The van der Waals surface area contributed by atoms with E-state index in [1.165, 1.54) is 4.68 Å². The first kappa shape index (κ1) is 15.2. The molecule has 0 spiro atoms. The van der Waals surface area contributed by atoms with Crippen LogP contribution in [0.25, 0.3) is 11.3 Å². The molecule has 0 aliphatic heterocycles. The van der Waals surface area contributed by atoms with E-state index in [2.05, 4.69) is 15.4 Å². The molecule has 5 nitrogen and oxygen atoms in total. The summed E-state index contributed by atoms with van der Waals surface area (Å²) < 4.78 is 1.53. The number of amides is 1. The van der Waals surface area contributed by atoms with E-state index in [9.17, 15) is 4.79 Å². The predicted octanol–water partition coefficient (Wildman–Crippen LogP) is 3.70. The van der Waals surface area contributed by atoms with Crippen LogP contribution in [-0.4, -0.2) is 20.7 Å². The van der Waals surface area contributed by atoms with Crippen molar-refractivity contribution >= 4 is 23.3 Å². The maximum Gasteiger partial charge on any atom is 0.275 e. The Hall–Kier alpha value is -2.66. The summed E-state index contributed by atoms with van der Waals surface area (Å²) in [7, 11) is 1.72. The van der Waals surface area contributed by atoms with Gasteiger partial charge in [0.1, 0.15) is 11.5 Å². The largest absolute Gasteiger partial charge is 0.305 e. The lowest BCUT2D eigenvalue weighted by molar-refractivity contribution is 0.101. The summed E-state index contributed by atoms with van der Waals surface area (Å²) in [4.78, 5) is 16.6. The Kier molecular flexibility index (Phi) is 4.12. The van der Waals surface area contributed by atoms with E-state index in [1.54, 1.807) is 31.4 Å². The van der Waals surface area contributed by atoms with E-state index < -0.39 is 0 Å². The molecule has 0 saturated heterocycles. The van der Waals surface area contributed by atoms with Gasteiger partial charge in [0.15, 0.2) is 0 Å².